The monoisotopic (exact) mass is 179 g/mol. The van der Waals surface area contributed by atoms with Gasteiger partial charge in [0.2, 0.25) is 0 Å². The van der Waals surface area contributed by atoms with Crippen molar-refractivity contribution in [1.82, 2.24) is 25.0 Å². The first-order chi connectivity index (χ1) is 6.20. The first-order valence-corrected chi connectivity index (χ1v) is 3.84. The number of rotatable bonds is 1. The molecule has 13 heavy (non-hydrogen) atoms. The van der Waals surface area contributed by atoms with E-state index in [0.717, 1.165) is 17.1 Å². The highest BCUT2D eigenvalue weighted by atomic mass is 16.1. The zero-order chi connectivity index (χ0) is 9.42. The van der Waals surface area contributed by atoms with Crippen LogP contribution in [0.1, 0.15) is 11.4 Å². The van der Waals surface area contributed by atoms with Crippen molar-refractivity contribution in [2.45, 2.75) is 13.8 Å². The fourth-order valence-electron chi connectivity index (χ4n) is 1.31. The van der Waals surface area contributed by atoms with E-state index in [4.69, 9.17) is 0 Å². The summed E-state index contributed by atoms with van der Waals surface area (Å²) in [7, 11) is 0. The van der Waals surface area contributed by atoms with E-state index in [9.17, 15) is 4.79 Å². The lowest BCUT2D eigenvalue weighted by molar-refractivity contribution is 0.964. The van der Waals surface area contributed by atoms with Gasteiger partial charge in [0.15, 0.2) is 0 Å². The van der Waals surface area contributed by atoms with E-state index in [2.05, 4.69) is 20.4 Å². The molecule has 0 saturated heterocycles. The van der Waals surface area contributed by atoms with Crippen molar-refractivity contribution in [1.29, 1.82) is 0 Å². The highest BCUT2D eigenvalue weighted by Gasteiger charge is 2.10. The van der Waals surface area contributed by atoms with Gasteiger partial charge < -0.3 is 0 Å². The van der Waals surface area contributed by atoms with Gasteiger partial charge in [0, 0.05) is 0 Å². The molecule has 68 valence electrons. The van der Waals surface area contributed by atoms with E-state index in [1.54, 1.807) is 0 Å². The molecule has 0 aliphatic rings. The minimum absolute atomic E-state index is 0.257. The summed E-state index contributed by atoms with van der Waals surface area (Å²) in [6.07, 6.45) is 1.44. The zero-order valence-corrected chi connectivity index (χ0v) is 7.33. The Kier molecular flexibility index (Phi) is 1.54. The summed E-state index contributed by atoms with van der Waals surface area (Å²) >= 11 is 0. The molecule has 6 nitrogen and oxygen atoms in total. The minimum Gasteiger partial charge on any atom is -0.280 e. The van der Waals surface area contributed by atoms with Gasteiger partial charge in [0.05, 0.1) is 17.1 Å². The summed E-state index contributed by atoms with van der Waals surface area (Å²) in [5.74, 6) is 0. The first kappa shape index (κ1) is 7.78. The molecule has 2 aromatic heterocycles. The van der Waals surface area contributed by atoms with Crippen molar-refractivity contribution in [3.8, 4) is 5.69 Å². The van der Waals surface area contributed by atoms with Crippen molar-refractivity contribution in [3.05, 3.63) is 28.2 Å². The first-order valence-electron chi connectivity index (χ1n) is 3.84. The van der Waals surface area contributed by atoms with E-state index in [1.165, 1.54) is 10.9 Å². The summed E-state index contributed by atoms with van der Waals surface area (Å²) in [5.41, 5.74) is 2.13. The molecule has 0 radical (unpaired) electrons. The summed E-state index contributed by atoms with van der Waals surface area (Å²) in [5, 5.41) is 12.8. The lowest BCUT2D eigenvalue weighted by atomic mass is 10.3. The number of aromatic amines is 2. The standard InChI is InChI=1S/C7H9N5O/c1-4-6(5(2)10-9-4)12-3-8-11-7(12)13/h3H,1-2H3,(H,9,10)(H,11,13). The van der Waals surface area contributed by atoms with Crippen LogP contribution in [0.5, 0.6) is 0 Å². The van der Waals surface area contributed by atoms with Crippen molar-refractivity contribution < 1.29 is 0 Å². The highest BCUT2D eigenvalue weighted by Crippen LogP contribution is 2.11. The third-order valence-corrected chi connectivity index (χ3v) is 1.88. The molecule has 2 aromatic rings. The number of aromatic nitrogens is 5. The smallest absolute Gasteiger partial charge is 0.280 e. The molecule has 0 fully saturated rings. The van der Waals surface area contributed by atoms with Crippen molar-refractivity contribution >= 4 is 0 Å². The molecular formula is C7H9N5O. The van der Waals surface area contributed by atoms with Gasteiger partial charge in [0.25, 0.3) is 0 Å². The lowest BCUT2D eigenvalue weighted by Gasteiger charge is -1.97. The van der Waals surface area contributed by atoms with Crippen LogP contribution in [0, 0.1) is 13.8 Å². The molecule has 2 N–H and O–H groups in total. The second-order valence-electron chi connectivity index (χ2n) is 2.81. The Morgan fingerprint density at radius 3 is 2.62 bits per heavy atom. The number of nitrogens with one attached hydrogen (secondary N) is 2. The fraction of sp³-hybridized carbons (Fsp3) is 0.286. The zero-order valence-electron chi connectivity index (χ0n) is 7.33. The molecule has 0 aliphatic heterocycles. The van der Waals surface area contributed by atoms with Gasteiger partial charge in [0.1, 0.15) is 6.33 Å². The predicted octanol–water partition coefficient (Wildman–Crippen LogP) is -0.0995. The molecule has 0 spiro atoms. The molecule has 0 atom stereocenters. The Bertz CT molecular complexity index is 458. The van der Waals surface area contributed by atoms with E-state index in [1.807, 2.05) is 13.8 Å². The van der Waals surface area contributed by atoms with Gasteiger partial charge in [-0.25, -0.2) is 14.5 Å². The fourth-order valence-corrected chi connectivity index (χ4v) is 1.31. The Morgan fingerprint density at radius 2 is 2.15 bits per heavy atom. The molecule has 0 saturated carbocycles. The van der Waals surface area contributed by atoms with Gasteiger partial charge in [-0.05, 0) is 13.8 Å². The average Bonchev–Trinajstić information content (AvgIpc) is 2.60. The molecule has 2 heterocycles. The van der Waals surface area contributed by atoms with Crippen LogP contribution in [-0.2, 0) is 0 Å². The molecule has 6 heteroatoms. The van der Waals surface area contributed by atoms with Crippen molar-refractivity contribution in [2.75, 3.05) is 0 Å². The predicted molar refractivity (Wildman–Crippen MR) is 45.8 cm³/mol. The lowest BCUT2D eigenvalue weighted by Crippen LogP contribution is -2.15. The van der Waals surface area contributed by atoms with Crippen LogP contribution < -0.4 is 5.69 Å². The Balaban J connectivity index is 2.71. The van der Waals surface area contributed by atoms with Gasteiger partial charge in [-0.2, -0.15) is 10.2 Å². The van der Waals surface area contributed by atoms with Crippen LogP contribution in [0.4, 0.5) is 0 Å². The quantitative estimate of drug-likeness (QED) is 0.641. The third kappa shape index (κ3) is 1.07. The second-order valence-corrected chi connectivity index (χ2v) is 2.81. The topological polar surface area (TPSA) is 79.4 Å². The Morgan fingerprint density at radius 1 is 1.38 bits per heavy atom. The summed E-state index contributed by atoms with van der Waals surface area (Å²) in [6, 6.07) is 0. The molecular weight excluding hydrogens is 170 g/mol. The maximum absolute atomic E-state index is 11.2. The normalized spacial score (nSPS) is 10.6. The van der Waals surface area contributed by atoms with Crippen LogP contribution in [0.15, 0.2) is 11.1 Å². The van der Waals surface area contributed by atoms with Crippen LogP contribution in [0.25, 0.3) is 5.69 Å². The SMILES string of the molecule is Cc1n[nH]c(C)c1-n1cn[nH]c1=O. The maximum atomic E-state index is 11.2. The average molecular weight is 179 g/mol. The number of H-pyrrole nitrogens is 2. The minimum atomic E-state index is -0.257. The molecule has 0 aliphatic carbocycles. The number of nitrogens with zero attached hydrogens (tertiary/aromatic N) is 3. The third-order valence-electron chi connectivity index (χ3n) is 1.88. The molecule has 2 rings (SSSR count). The Labute approximate surface area is 73.6 Å². The number of hydrogen-bond acceptors (Lipinski definition) is 3. The van der Waals surface area contributed by atoms with Gasteiger partial charge in [-0.1, -0.05) is 0 Å². The van der Waals surface area contributed by atoms with E-state index < -0.39 is 0 Å². The highest BCUT2D eigenvalue weighted by molar-refractivity contribution is 5.39. The molecule has 0 unspecified atom stereocenters. The molecule has 0 bridgehead atoms. The van der Waals surface area contributed by atoms with Crippen molar-refractivity contribution in [2.24, 2.45) is 0 Å². The van der Waals surface area contributed by atoms with Gasteiger partial charge in [-0.3, -0.25) is 5.10 Å². The second kappa shape index (κ2) is 2.58. The van der Waals surface area contributed by atoms with Gasteiger partial charge in [-0.15, -0.1) is 0 Å². The van der Waals surface area contributed by atoms with Crippen LogP contribution >= 0.6 is 0 Å². The number of aryl methyl sites for hydroxylation is 2. The summed E-state index contributed by atoms with van der Waals surface area (Å²) in [4.78, 5) is 11.2. The number of hydrogen-bond donors (Lipinski definition) is 2. The Hall–Kier alpha value is -1.85. The van der Waals surface area contributed by atoms with Gasteiger partial charge >= 0.3 is 5.69 Å². The van der Waals surface area contributed by atoms with Crippen LogP contribution in [0.2, 0.25) is 0 Å². The van der Waals surface area contributed by atoms with Crippen LogP contribution in [0.3, 0.4) is 0 Å². The summed E-state index contributed by atoms with van der Waals surface area (Å²) in [6.45, 7) is 3.69. The van der Waals surface area contributed by atoms with E-state index in [0.29, 0.717) is 0 Å². The van der Waals surface area contributed by atoms with E-state index in [-0.39, 0.29) is 5.69 Å². The summed E-state index contributed by atoms with van der Waals surface area (Å²) < 4.78 is 1.42. The van der Waals surface area contributed by atoms with E-state index >= 15 is 0 Å². The van der Waals surface area contributed by atoms with Crippen molar-refractivity contribution in [3.63, 3.8) is 0 Å². The maximum Gasteiger partial charge on any atom is 0.347 e. The largest absolute Gasteiger partial charge is 0.347 e. The molecule has 0 aromatic carbocycles. The molecule has 0 amide bonds. The van der Waals surface area contributed by atoms with Crippen LogP contribution in [-0.4, -0.2) is 25.0 Å².